The number of para-hydroxylation sites is 1. The molecule has 6 heteroatoms. The van der Waals surface area contributed by atoms with Crippen LogP contribution in [0.3, 0.4) is 0 Å². The standard InChI is InChI=1S/C20H16ClN3O2/c21-17-8-6-15(7-9-17)19-20(26-18-4-2-1-3-5-18)16(10-11-25-19)12-24-14-22-13-23-24/h1-11,13-14,19H,12H2. The monoisotopic (exact) mass is 365 g/mol. The lowest BCUT2D eigenvalue weighted by atomic mass is 10.0. The number of benzene rings is 2. The summed E-state index contributed by atoms with van der Waals surface area (Å²) in [6.07, 6.45) is 6.40. The molecule has 4 rings (SSSR count). The third-order valence-electron chi connectivity index (χ3n) is 3.98. The number of rotatable bonds is 5. The molecule has 26 heavy (non-hydrogen) atoms. The minimum absolute atomic E-state index is 0.365. The number of nitrogens with zero attached hydrogens (tertiary/aromatic N) is 3. The predicted octanol–water partition coefficient (Wildman–Crippen LogP) is 4.55. The Morgan fingerprint density at radius 2 is 1.88 bits per heavy atom. The number of hydrogen-bond acceptors (Lipinski definition) is 4. The molecule has 2 aromatic carbocycles. The van der Waals surface area contributed by atoms with Gasteiger partial charge in [-0.2, -0.15) is 5.10 Å². The van der Waals surface area contributed by atoms with Crippen LogP contribution >= 0.6 is 11.6 Å². The summed E-state index contributed by atoms with van der Waals surface area (Å²) in [7, 11) is 0. The third kappa shape index (κ3) is 3.63. The van der Waals surface area contributed by atoms with Gasteiger partial charge in [0, 0.05) is 16.2 Å². The van der Waals surface area contributed by atoms with Gasteiger partial charge in [0.2, 0.25) is 0 Å². The van der Waals surface area contributed by atoms with Gasteiger partial charge in [-0.05, 0) is 30.3 Å². The average Bonchev–Trinajstić information content (AvgIpc) is 3.18. The maximum absolute atomic E-state index is 6.22. The molecule has 0 fully saturated rings. The molecule has 0 spiro atoms. The second kappa shape index (κ2) is 7.45. The van der Waals surface area contributed by atoms with Crippen molar-refractivity contribution in [2.45, 2.75) is 12.6 Å². The minimum atomic E-state index is -0.365. The molecular weight excluding hydrogens is 350 g/mol. The van der Waals surface area contributed by atoms with Crippen LogP contribution in [0.25, 0.3) is 0 Å². The van der Waals surface area contributed by atoms with Gasteiger partial charge in [-0.15, -0.1) is 0 Å². The zero-order valence-electron chi connectivity index (χ0n) is 13.8. The molecule has 0 bridgehead atoms. The van der Waals surface area contributed by atoms with Crippen LogP contribution in [-0.4, -0.2) is 14.8 Å². The summed E-state index contributed by atoms with van der Waals surface area (Å²) in [5.74, 6) is 1.47. The Balaban J connectivity index is 1.73. The summed E-state index contributed by atoms with van der Waals surface area (Å²) >= 11 is 6.02. The van der Waals surface area contributed by atoms with E-state index in [-0.39, 0.29) is 6.10 Å². The number of halogens is 1. The van der Waals surface area contributed by atoms with Crippen LogP contribution in [0.15, 0.2) is 90.9 Å². The van der Waals surface area contributed by atoms with Crippen molar-refractivity contribution in [3.63, 3.8) is 0 Å². The van der Waals surface area contributed by atoms with Gasteiger partial charge in [-0.3, -0.25) is 0 Å². The fourth-order valence-electron chi connectivity index (χ4n) is 2.73. The molecule has 0 aliphatic carbocycles. The van der Waals surface area contributed by atoms with Gasteiger partial charge >= 0.3 is 0 Å². The molecule has 0 saturated heterocycles. The van der Waals surface area contributed by atoms with Crippen molar-refractivity contribution >= 4 is 11.6 Å². The molecule has 130 valence electrons. The average molecular weight is 366 g/mol. The maximum atomic E-state index is 6.22. The van der Waals surface area contributed by atoms with Crippen molar-refractivity contribution in [2.75, 3.05) is 0 Å². The highest BCUT2D eigenvalue weighted by molar-refractivity contribution is 6.30. The van der Waals surface area contributed by atoms with Crippen LogP contribution < -0.4 is 4.74 Å². The van der Waals surface area contributed by atoms with Gasteiger partial charge in [0.1, 0.15) is 18.4 Å². The van der Waals surface area contributed by atoms with Crippen molar-refractivity contribution in [3.8, 4) is 5.75 Å². The SMILES string of the molecule is Clc1ccc(C2OC=CC(Cn3cncn3)=C2Oc2ccccc2)cc1. The summed E-state index contributed by atoms with van der Waals surface area (Å²) < 4.78 is 13.9. The number of aromatic nitrogens is 3. The van der Waals surface area contributed by atoms with Gasteiger partial charge in [0.25, 0.3) is 0 Å². The Hall–Kier alpha value is -3.05. The van der Waals surface area contributed by atoms with E-state index in [9.17, 15) is 0 Å². The molecule has 5 nitrogen and oxygen atoms in total. The molecule has 3 aromatic rings. The number of hydrogen-bond donors (Lipinski definition) is 0. The van der Waals surface area contributed by atoms with E-state index in [2.05, 4.69) is 10.1 Å². The first-order valence-electron chi connectivity index (χ1n) is 8.15. The maximum Gasteiger partial charge on any atom is 0.180 e. The zero-order valence-corrected chi connectivity index (χ0v) is 14.6. The van der Waals surface area contributed by atoms with E-state index >= 15 is 0 Å². The first-order chi connectivity index (χ1) is 12.8. The van der Waals surface area contributed by atoms with Crippen LogP contribution in [-0.2, 0) is 11.3 Å². The lowest BCUT2D eigenvalue weighted by molar-refractivity contribution is 0.127. The molecule has 1 aromatic heterocycles. The van der Waals surface area contributed by atoms with E-state index in [4.69, 9.17) is 21.1 Å². The third-order valence-corrected chi connectivity index (χ3v) is 4.23. The highest BCUT2D eigenvalue weighted by Gasteiger charge is 2.26. The Morgan fingerprint density at radius 1 is 1.08 bits per heavy atom. The van der Waals surface area contributed by atoms with E-state index in [0.717, 1.165) is 22.6 Å². The summed E-state index contributed by atoms with van der Waals surface area (Å²) in [5.41, 5.74) is 1.92. The second-order valence-electron chi connectivity index (χ2n) is 5.77. The Labute approximate surface area is 156 Å². The highest BCUT2D eigenvalue weighted by Crippen LogP contribution is 2.35. The van der Waals surface area contributed by atoms with Crippen molar-refractivity contribution < 1.29 is 9.47 Å². The minimum Gasteiger partial charge on any atom is -0.485 e. The van der Waals surface area contributed by atoms with Gasteiger partial charge in [0.05, 0.1) is 12.8 Å². The van der Waals surface area contributed by atoms with Crippen molar-refractivity contribution in [2.24, 2.45) is 0 Å². The fraction of sp³-hybridized carbons (Fsp3) is 0.100. The summed E-state index contributed by atoms with van der Waals surface area (Å²) in [6.45, 7) is 0.534. The second-order valence-corrected chi connectivity index (χ2v) is 6.20. The van der Waals surface area contributed by atoms with Crippen molar-refractivity contribution in [3.05, 3.63) is 102 Å². The molecule has 0 N–H and O–H groups in total. The van der Waals surface area contributed by atoms with E-state index in [1.807, 2.05) is 60.7 Å². The quantitative estimate of drug-likeness (QED) is 0.665. The van der Waals surface area contributed by atoms with Gasteiger partial charge < -0.3 is 9.47 Å². The highest BCUT2D eigenvalue weighted by atomic mass is 35.5. The summed E-state index contributed by atoms with van der Waals surface area (Å²) in [4.78, 5) is 4.00. The van der Waals surface area contributed by atoms with Crippen LogP contribution in [0.2, 0.25) is 5.02 Å². The lowest BCUT2D eigenvalue weighted by Crippen LogP contribution is -2.17. The Morgan fingerprint density at radius 3 is 2.62 bits per heavy atom. The van der Waals surface area contributed by atoms with E-state index in [1.165, 1.54) is 6.33 Å². The first-order valence-corrected chi connectivity index (χ1v) is 8.53. The molecule has 1 unspecified atom stereocenters. The molecule has 0 saturated carbocycles. The van der Waals surface area contributed by atoms with Crippen LogP contribution in [0.4, 0.5) is 0 Å². The Kier molecular flexibility index (Phi) is 4.71. The Bertz CT molecular complexity index is 919. The zero-order chi connectivity index (χ0) is 17.8. The molecule has 1 aliphatic rings. The molecule has 0 amide bonds. The first kappa shape index (κ1) is 16.4. The smallest absolute Gasteiger partial charge is 0.180 e. The van der Waals surface area contributed by atoms with E-state index in [0.29, 0.717) is 11.6 Å². The number of ether oxygens (including phenoxy) is 2. The normalized spacial score (nSPS) is 16.4. The predicted molar refractivity (Wildman–Crippen MR) is 98.5 cm³/mol. The van der Waals surface area contributed by atoms with E-state index < -0.39 is 0 Å². The largest absolute Gasteiger partial charge is 0.485 e. The van der Waals surface area contributed by atoms with E-state index in [1.54, 1.807) is 17.3 Å². The molecule has 2 heterocycles. The lowest BCUT2D eigenvalue weighted by Gasteiger charge is -2.26. The molecule has 1 atom stereocenters. The molecule has 0 radical (unpaired) electrons. The van der Waals surface area contributed by atoms with Gasteiger partial charge in [-0.25, -0.2) is 9.67 Å². The molecule has 1 aliphatic heterocycles. The van der Waals surface area contributed by atoms with Crippen molar-refractivity contribution in [1.29, 1.82) is 0 Å². The topological polar surface area (TPSA) is 49.2 Å². The summed E-state index contributed by atoms with van der Waals surface area (Å²) in [6, 6.07) is 17.2. The molecular formula is C20H16ClN3O2. The fourth-order valence-corrected chi connectivity index (χ4v) is 2.86. The van der Waals surface area contributed by atoms with Gasteiger partial charge in [-0.1, -0.05) is 41.9 Å². The van der Waals surface area contributed by atoms with Crippen LogP contribution in [0.1, 0.15) is 11.7 Å². The van der Waals surface area contributed by atoms with Crippen LogP contribution in [0.5, 0.6) is 5.75 Å². The van der Waals surface area contributed by atoms with Crippen molar-refractivity contribution in [1.82, 2.24) is 14.8 Å². The summed E-state index contributed by atoms with van der Waals surface area (Å²) in [5, 5.41) is 4.86. The van der Waals surface area contributed by atoms with Crippen LogP contribution in [0, 0.1) is 0 Å². The van der Waals surface area contributed by atoms with Gasteiger partial charge in [0.15, 0.2) is 11.9 Å². The number of allylic oxidation sites excluding steroid dienone is 2.